The lowest BCUT2D eigenvalue weighted by molar-refractivity contribution is -0.137. The summed E-state index contributed by atoms with van der Waals surface area (Å²) in [6, 6.07) is 10.6. The van der Waals surface area contributed by atoms with E-state index in [-0.39, 0.29) is 23.0 Å². The smallest absolute Gasteiger partial charge is 0.351 e. The van der Waals surface area contributed by atoms with Crippen LogP contribution in [0.4, 0.5) is 13.2 Å². The van der Waals surface area contributed by atoms with Crippen LogP contribution < -0.4 is 10.0 Å². The minimum atomic E-state index is -4.45. The Morgan fingerprint density at radius 1 is 1.03 bits per heavy atom. The van der Waals surface area contributed by atoms with Crippen LogP contribution >= 0.6 is 0 Å². The molecule has 162 valence electrons. The zero-order valence-corrected chi connectivity index (χ0v) is 17.4. The molecule has 1 aliphatic carbocycles. The molecule has 1 amide bonds. The van der Waals surface area contributed by atoms with Crippen molar-refractivity contribution in [2.24, 2.45) is 0 Å². The van der Waals surface area contributed by atoms with Gasteiger partial charge in [0.05, 0.1) is 10.5 Å². The summed E-state index contributed by atoms with van der Waals surface area (Å²) in [5.74, 6) is -0.501. The number of amides is 1. The molecule has 30 heavy (non-hydrogen) atoms. The van der Waals surface area contributed by atoms with Crippen molar-refractivity contribution in [2.75, 3.05) is 6.54 Å². The lowest BCUT2D eigenvalue weighted by Crippen LogP contribution is -2.37. The van der Waals surface area contributed by atoms with E-state index in [1.54, 1.807) is 19.9 Å². The Labute approximate surface area is 173 Å². The third kappa shape index (κ3) is 5.40. The first-order valence-corrected chi connectivity index (χ1v) is 11.0. The van der Waals surface area contributed by atoms with Crippen molar-refractivity contribution < 1.29 is 26.4 Å². The van der Waals surface area contributed by atoms with Crippen molar-refractivity contribution in [3.8, 4) is 0 Å². The van der Waals surface area contributed by atoms with Gasteiger partial charge in [0.1, 0.15) is 0 Å². The fraction of sp³-hybridized carbons (Fsp3) is 0.381. The molecule has 1 saturated carbocycles. The predicted octanol–water partition coefficient (Wildman–Crippen LogP) is 3.85. The maximum absolute atomic E-state index is 13.0. The van der Waals surface area contributed by atoms with E-state index in [1.807, 2.05) is 0 Å². The van der Waals surface area contributed by atoms with Crippen LogP contribution in [0.3, 0.4) is 0 Å². The highest BCUT2D eigenvalue weighted by molar-refractivity contribution is 7.89. The molecule has 2 N–H and O–H groups in total. The molecular formula is C21H23F3N2O3S. The minimum Gasteiger partial charge on any atom is -0.351 e. The monoisotopic (exact) mass is 440 g/mol. The van der Waals surface area contributed by atoms with E-state index >= 15 is 0 Å². The number of hydrogen-bond donors (Lipinski definition) is 2. The molecule has 0 radical (unpaired) electrons. The van der Waals surface area contributed by atoms with Gasteiger partial charge >= 0.3 is 6.18 Å². The minimum absolute atomic E-state index is 0.000751. The van der Waals surface area contributed by atoms with E-state index in [1.165, 1.54) is 30.3 Å². The summed E-state index contributed by atoms with van der Waals surface area (Å²) >= 11 is 0. The second-order valence-electron chi connectivity index (χ2n) is 8.07. The van der Waals surface area contributed by atoms with Crippen LogP contribution in [0, 0.1) is 0 Å². The number of hydrogen-bond acceptors (Lipinski definition) is 3. The van der Waals surface area contributed by atoms with Crippen molar-refractivity contribution in [3.05, 3.63) is 65.2 Å². The first-order chi connectivity index (χ1) is 13.9. The highest BCUT2D eigenvalue weighted by Gasteiger charge is 2.32. The van der Waals surface area contributed by atoms with Crippen molar-refractivity contribution in [1.29, 1.82) is 0 Å². The molecule has 5 nitrogen and oxygen atoms in total. The van der Waals surface area contributed by atoms with Crippen LogP contribution in [0.2, 0.25) is 0 Å². The Balaban J connectivity index is 1.71. The van der Waals surface area contributed by atoms with Gasteiger partial charge in [-0.25, -0.2) is 13.1 Å². The first-order valence-electron chi connectivity index (χ1n) is 9.47. The van der Waals surface area contributed by atoms with Gasteiger partial charge in [0.25, 0.3) is 5.91 Å². The van der Waals surface area contributed by atoms with Gasteiger partial charge in [-0.2, -0.15) is 13.2 Å². The standard InChI is InChI=1S/C21H23F3N2O3S/c1-20(2,15-6-4-7-16(12-15)21(22,23)24)13-25-19(27)14-5-3-8-18(11-14)30(28,29)26-17-9-10-17/h3-8,11-12,17,26H,9-10,13H2,1-2H3,(H,25,27). The molecule has 3 rings (SSSR count). The van der Waals surface area contributed by atoms with Gasteiger partial charge in [-0.15, -0.1) is 0 Å². The van der Waals surface area contributed by atoms with Gasteiger partial charge in [-0.05, 0) is 42.7 Å². The van der Waals surface area contributed by atoms with Crippen LogP contribution in [0.1, 0.15) is 48.2 Å². The molecule has 1 aliphatic rings. The van der Waals surface area contributed by atoms with Gasteiger partial charge in [0.15, 0.2) is 0 Å². The molecule has 0 heterocycles. The van der Waals surface area contributed by atoms with Crippen molar-refractivity contribution in [1.82, 2.24) is 10.0 Å². The lowest BCUT2D eigenvalue weighted by Gasteiger charge is -2.26. The summed E-state index contributed by atoms with van der Waals surface area (Å²) in [7, 11) is -3.69. The maximum Gasteiger partial charge on any atom is 0.416 e. The summed E-state index contributed by atoms with van der Waals surface area (Å²) in [5, 5.41) is 2.69. The Morgan fingerprint density at radius 2 is 1.67 bits per heavy atom. The summed E-state index contributed by atoms with van der Waals surface area (Å²) in [6.07, 6.45) is -2.86. The molecule has 2 aromatic rings. The average molecular weight is 440 g/mol. The Kier molecular flexibility index (Phi) is 5.97. The number of rotatable bonds is 7. The average Bonchev–Trinajstić information content (AvgIpc) is 3.49. The second kappa shape index (κ2) is 8.03. The fourth-order valence-corrected chi connectivity index (χ4v) is 4.27. The third-order valence-electron chi connectivity index (χ3n) is 4.97. The van der Waals surface area contributed by atoms with Crippen LogP contribution in [0.15, 0.2) is 53.4 Å². The predicted molar refractivity (Wildman–Crippen MR) is 107 cm³/mol. The topological polar surface area (TPSA) is 75.3 Å². The molecular weight excluding hydrogens is 417 g/mol. The molecule has 0 saturated heterocycles. The van der Waals surface area contributed by atoms with Crippen LogP contribution in [-0.4, -0.2) is 26.9 Å². The number of alkyl halides is 3. The molecule has 9 heteroatoms. The van der Waals surface area contributed by atoms with Gasteiger partial charge in [-0.1, -0.05) is 38.1 Å². The van der Waals surface area contributed by atoms with Crippen molar-refractivity contribution >= 4 is 15.9 Å². The molecule has 0 atom stereocenters. The van der Waals surface area contributed by atoms with E-state index in [0.29, 0.717) is 5.56 Å². The highest BCUT2D eigenvalue weighted by Crippen LogP contribution is 2.32. The van der Waals surface area contributed by atoms with Crippen molar-refractivity contribution in [3.63, 3.8) is 0 Å². The Hall–Kier alpha value is -2.39. The van der Waals surface area contributed by atoms with E-state index in [4.69, 9.17) is 0 Å². The SMILES string of the molecule is CC(C)(CNC(=O)c1cccc(S(=O)(=O)NC2CC2)c1)c1cccc(C(F)(F)F)c1. The molecule has 2 aromatic carbocycles. The number of sulfonamides is 1. The van der Waals surface area contributed by atoms with E-state index in [2.05, 4.69) is 10.0 Å². The molecule has 0 unspecified atom stereocenters. The normalized spacial score (nSPS) is 15.1. The van der Waals surface area contributed by atoms with Gasteiger partial charge < -0.3 is 5.32 Å². The third-order valence-corrected chi connectivity index (χ3v) is 6.49. The van der Waals surface area contributed by atoms with Crippen molar-refractivity contribution in [2.45, 2.75) is 49.2 Å². The summed E-state index contributed by atoms with van der Waals surface area (Å²) < 4.78 is 66.2. The van der Waals surface area contributed by atoms with Crippen LogP contribution in [-0.2, 0) is 21.6 Å². The number of nitrogens with one attached hydrogen (secondary N) is 2. The second-order valence-corrected chi connectivity index (χ2v) is 9.78. The molecule has 0 spiro atoms. The summed E-state index contributed by atoms with van der Waals surface area (Å²) in [4.78, 5) is 12.6. The van der Waals surface area contributed by atoms with E-state index in [9.17, 15) is 26.4 Å². The zero-order valence-electron chi connectivity index (χ0n) is 16.6. The lowest BCUT2D eigenvalue weighted by atomic mass is 9.83. The molecule has 1 fully saturated rings. The molecule has 0 bridgehead atoms. The van der Waals surface area contributed by atoms with Crippen LogP contribution in [0.25, 0.3) is 0 Å². The van der Waals surface area contributed by atoms with E-state index < -0.39 is 33.1 Å². The van der Waals surface area contributed by atoms with Gasteiger partial charge in [-0.3, -0.25) is 4.79 Å². The Bertz CT molecular complexity index is 1050. The highest BCUT2D eigenvalue weighted by atomic mass is 32.2. The molecule has 0 aromatic heterocycles. The summed E-state index contributed by atoms with van der Waals surface area (Å²) in [6.45, 7) is 3.52. The summed E-state index contributed by atoms with van der Waals surface area (Å²) in [5.41, 5.74) is -0.926. The number of halogens is 3. The quantitative estimate of drug-likeness (QED) is 0.687. The van der Waals surface area contributed by atoms with Gasteiger partial charge in [0, 0.05) is 23.6 Å². The van der Waals surface area contributed by atoms with Crippen LogP contribution in [0.5, 0.6) is 0 Å². The number of carbonyl (C=O) groups excluding carboxylic acids is 1. The number of carbonyl (C=O) groups is 1. The largest absolute Gasteiger partial charge is 0.416 e. The van der Waals surface area contributed by atoms with E-state index in [0.717, 1.165) is 25.0 Å². The molecule has 0 aliphatic heterocycles. The maximum atomic E-state index is 13.0. The first kappa shape index (κ1) is 22.3. The zero-order chi connectivity index (χ0) is 22.2. The Morgan fingerprint density at radius 3 is 2.30 bits per heavy atom. The number of benzene rings is 2. The fourth-order valence-electron chi connectivity index (χ4n) is 2.91. The van der Waals surface area contributed by atoms with Gasteiger partial charge in [0.2, 0.25) is 10.0 Å².